The Kier molecular flexibility index (Phi) is 6.59. The van der Waals surface area contributed by atoms with Gasteiger partial charge in [0, 0.05) is 50.6 Å². The van der Waals surface area contributed by atoms with Gasteiger partial charge in [0.05, 0.1) is 0 Å². The highest BCUT2D eigenvalue weighted by Crippen LogP contribution is 2.24. The standard InChI is InChI=1S/C21H30N4O2S/c1-17(18-7-5-4-6-8-18)22-19-13-15-25(16-14-19)21-11-9-20(10-12-21)23-28(26,27)24(2)3/h4-12,17,19,22-23H,13-16H2,1-3H3/t17-/m0/s1. The maximum absolute atomic E-state index is 11.9. The Morgan fingerprint density at radius 1 is 1.00 bits per heavy atom. The van der Waals surface area contributed by atoms with E-state index in [9.17, 15) is 8.42 Å². The molecule has 152 valence electrons. The molecule has 0 radical (unpaired) electrons. The summed E-state index contributed by atoms with van der Waals surface area (Å²) < 4.78 is 27.5. The SMILES string of the molecule is C[C@H](NC1CCN(c2ccc(NS(=O)(=O)N(C)C)cc2)CC1)c1ccccc1. The van der Waals surface area contributed by atoms with Crippen LogP contribution in [0.25, 0.3) is 0 Å². The third-order valence-electron chi connectivity index (χ3n) is 5.24. The van der Waals surface area contributed by atoms with Crippen LogP contribution in [0.4, 0.5) is 11.4 Å². The zero-order valence-corrected chi connectivity index (χ0v) is 17.6. The van der Waals surface area contributed by atoms with E-state index in [2.05, 4.69) is 46.1 Å². The van der Waals surface area contributed by atoms with Gasteiger partial charge in [-0.15, -0.1) is 0 Å². The zero-order chi connectivity index (χ0) is 20.1. The number of anilines is 2. The lowest BCUT2D eigenvalue weighted by Crippen LogP contribution is -2.43. The third kappa shape index (κ3) is 5.25. The van der Waals surface area contributed by atoms with Crippen LogP contribution in [0.2, 0.25) is 0 Å². The van der Waals surface area contributed by atoms with Crippen molar-refractivity contribution in [3.8, 4) is 0 Å². The molecule has 1 atom stereocenters. The molecular formula is C21H30N4O2S. The van der Waals surface area contributed by atoms with Crippen molar-refractivity contribution in [3.63, 3.8) is 0 Å². The van der Waals surface area contributed by atoms with Crippen LogP contribution < -0.4 is 14.9 Å². The van der Waals surface area contributed by atoms with E-state index in [1.54, 1.807) is 0 Å². The molecular weight excluding hydrogens is 372 g/mol. The zero-order valence-electron chi connectivity index (χ0n) is 16.8. The molecule has 28 heavy (non-hydrogen) atoms. The highest BCUT2D eigenvalue weighted by atomic mass is 32.2. The van der Waals surface area contributed by atoms with Crippen molar-refractivity contribution in [1.29, 1.82) is 0 Å². The summed E-state index contributed by atoms with van der Waals surface area (Å²) in [5.41, 5.74) is 3.02. The van der Waals surface area contributed by atoms with Gasteiger partial charge in [0.1, 0.15) is 0 Å². The first-order chi connectivity index (χ1) is 13.3. The van der Waals surface area contributed by atoms with Gasteiger partial charge in [0.15, 0.2) is 0 Å². The second-order valence-electron chi connectivity index (χ2n) is 7.50. The molecule has 2 N–H and O–H groups in total. The van der Waals surface area contributed by atoms with Gasteiger partial charge < -0.3 is 10.2 Å². The van der Waals surface area contributed by atoms with Gasteiger partial charge in [0.2, 0.25) is 0 Å². The number of piperidine rings is 1. The number of nitrogens with zero attached hydrogens (tertiary/aromatic N) is 2. The quantitative estimate of drug-likeness (QED) is 0.746. The van der Waals surface area contributed by atoms with Gasteiger partial charge in [-0.2, -0.15) is 12.7 Å². The van der Waals surface area contributed by atoms with Crippen LogP contribution >= 0.6 is 0 Å². The van der Waals surface area contributed by atoms with Gasteiger partial charge in [-0.3, -0.25) is 4.72 Å². The summed E-state index contributed by atoms with van der Waals surface area (Å²) in [6, 6.07) is 19.0. The number of hydrogen-bond donors (Lipinski definition) is 2. The monoisotopic (exact) mass is 402 g/mol. The van der Waals surface area contributed by atoms with Gasteiger partial charge in [0.25, 0.3) is 0 Å². The summed E-state index contributed by atoms with van der Waals surface area (Å²) in [6.07, 6.45) is 2.18. The largest absolute Gasteiger partial charge is 0.371 e. The maximum atomic E-state index is 11.9. The van der Waals surface area contributed by atoms with Gasteiger partial charge >= 0.3 is 10.2 Å². The van der Waals surface area contributed by atoms with Crippen LogP contribution in [0.3, 0.4) is 0 Å². The molecule has 1 fully saturated rings. The molecule has 0 unspecified atom stereocenters. The van der Waals surface area contributed by atoms with Crippen molar-refractivity contribution >= 4 is 21.6 Å². The summed E-state index contributed by atoms with van der Waals surface area (Å²) in [4.78, 5) is 2.36. The van der Waals surface area contributed by atoms with E-state index in [0.29, 0.717) is 17.8 Å². The minimum atomic E-state index is -3.47. The molecule has 0 aromatic heterocycles. The lowest BCUT2D eigenvalue weighted by atomic mass is 10.0. The van der Waals surface area contributed by atoms with Crippen LogP contribution in [0.5, 0.6) is 0 Å². The third-order valence-corrected chi connectivity index (χ3v) is 6.70. The summed E-state index contributed by atoms with van der Waals surface area (Å²) in [7, 11) is -0.454. The Morgan fingerprint density at radius 2 is 1.61 bits per heavy atom. The topological polar surface area (TPSA) is 64.7 Å². The summed E-state index contributed by atoms with van der Waals surface area (Å²) in [6.45, 7) is 4.19. The molecule has 7 heteroatoms. The molecule has 0 aliphatic carbocycles. The molecule has 2 aromatic carbocycles. The number of hydrogen-bond acceptors (Lipinski definition) is 4. The van der Waals surface area contributed by atoms with E-state index < -0.39 is 10.2 Å². The number of rotatable bonds is 7. The fraction of sp³-hybridized carbons (Fsp3) is 0.429. The Morgan fingerprint density at radius 3 is 2.18 bits per heavy atom. The fourth-order valence-electron chi connectivity index (χ4n) is 3.48. The Bertz CT molecular complexity index is 846. The number of nitrogens with one attached hydrogen (secondary N) is 2. The Hall–Kier alpha value is -2.09. The molecule has 1 aliphatic rings. The second kappa shape index (κ2) is 8.94. The van der Waals surface area contributed by atoms with Crippen LogP contribution in [0.15, 0.2) is 54.6 Å². The lowest BCUT2D eigenvalue weighted by Gasteiger charge is -2.35. The Balaban J connectivity index is 1.52. The van der Waals surface area contributed by atoms with Crippen molar-refractivity contribution in [3.05, 3.63) is 60.2 Å². The van der Waals surface area contributed by atoms with E-state index in [1.165, 1.54) is 19.7 Å². The number of benzene rings is 2. The maximum Gasteiger partial charge on any atom is 0.301 e. The highest BCUT2D eigenvalue weighted by molar-refractivity contribution is 7.90. The van der Waals surface area contributed by atoms with Crippen molar-refractivity contribution in [2.45, 2.75) is 31.8 Å². The molecule has 2 aromatic rings. The summed E-state index contributed by atoms with van der Waals surface area (Å²) in [5, 5.41) is 3.74. The van der Waals surface area contributed by atoms with Crippen molar-refractivity contribution in [2.24, 2.45) is 0 Å². The van der Waals surface area contributed by atoms with Gasteiger partial charge in [-0.05, 0) is 49.6 Å². The first kappa shape index (κ1) is 20.6. The van der Waals surface area contributed by atoms with Crippen LogP contribution in [-0.2, 0) is 10.2 Å². The van der Waals surface area contributed by atoms with Crippen molar-refractivity contribution in [2.75, 3.05) is 36.8 Å². The van der Waals surface area contributed by atoms with E-state index >= 15 is 0 Å². The molecule has 0 amide bonds. The summed E-state index contributed by atoms with van der Waals surface area (Å²) in [5.74, 6) is 0. The Labute approximate surface area is 168 Å². The first-order valence-electron chi connectivity index (χ1n) is 9.71. The smallest absolute Gasteiger partial charge is 0.301 e. The molecule has 1 heterocycles. The highest BCUT2D eigenvalue weighted by Gasteiger charge is 2.21. The molecule has 1 aliphatic heterocycles. The van der Waals surface area contributed by atoms with Crippen molar-refractivity contribution in [1.82, 2.24) is 9.62 Å². The second-order valence-corrected chi connectivity index (χ2v) is 9.38. The van der Waals surface area contributed by atoms with Crippen LogP contribution in [0.1, 0.15) is 31.4 Å². The van der Waals surface area contributed by atoms with E-state index in [1.807, 2.05) is 30.3 Å². The molecule has 6 nitrogen and oxygen atoms in total. The normalized spacial score (nSPS) is 16.9. The average molecular weight is 403 g/mol. The van der Waals surface area contributed by atoms with Crippen LogP contribution in [-0.4, -0.2) is 45.9 Å². The molecule has 0 spiro atoms. The van der Waals surface area contributed by atoms with E-state index in [4.69, 9.17) is 0 Å². The lowest BCUT2D eigenvalue weighted by molar-refractivity contribution is 0.381. The van der Waals surface area contributed by atoms with E-state index in [-0.39, 0.29) is 0 Å². The minimum absolute atomic E-state index is 0.349. The molecule has 0 saturated carbocycles. The average Bonchev–Trinajstić information content (AvgIpc) is 2.69. The van der Waals surface area contributed by atoms with Gasteiger partial charge in [-0.1, -0.05) is 30.3 Å². The predicted octanol–water partition coefficient (Wildman–Crippen LogP) is 3.22. The molecule has 3 rings (SSSR count). The van der Waals surface area contributed by atoms with E-state index in [0.717, 1.165) is 35.9 Å². The fourth-order valence-corrected chi connectivity index (χ4v) is 4.09. The van der Waals surface area contributed by atoms with Crippen molar-refractivity contribution < 1.29 is 8.42 Å². The summed E-state index contributed by atoms with van der Waals surface area (Å²) >= 11 is 0. The minimum Gasteiger partial charge on any atom is -0.371 e. The molecule has 1 saturated heterocycles. The predicted molar refractivity (Wildman–Crippen MR) is 116 cm³/mol. The first-order valence-corrected chi connectivity index (χ1v) is 11.2. The van der Waals surface area contributed by atoms with Gasteiger partial charge in [-0.25, -0.2) is 0 Å². The van der Waals surface area contributed by atoms with Crippen LogP contribution in [0, 0.1) is 0 Å². The molecule has 0 bridgehead atoms.